The van der Waals surface area contributed by atoms with E-state index in [2.05, 4.69) is 11.3 Å². The highest BCUT2D eigenvalue weighted by Gasteiger charge is 1.99. The average molecular weight is 173 g/mol. The van der Waals surface area contributed by atoms with E-state index in [4.69, 9.17) is 11.6 Å². The van der Waals surface area contributed by atoms with Gasteiger partial charge in [0.2, 0.25) is 0 Å². The van der Waals surface area contributed by atoms with E-state index >= 15 is 0 Å². The fraction of sp³-hybridized carbons (Fsp3) is 0. The third-order valence-corrected chi connectivity index (χ3v) is 1.21. The van der Waals surface area contributed by atoms with Gasteiger partial charge in [0.1, 0.15) is 0 Å². The first-order chi connectivity index (χ1) is 5.24. The zero-order chi connectivity index (χ0) is 8.27. The molecule has 0 radical (unpaired) electrons. The summed E-state index contributed by atoms with van der Waals surface area (Å²) in [7, 11) is 0. The highest BCUT2D eigenvalue weighted by atomic mass is 35.5. The Bertz CT molecular complexity index is 323. The molecule has 0 aliphatic rings. The van der Waals surface area contributed by atoms with Crippen molar-refractivity contribution in [3.05, 3.63) is 35.4 Å². The van der Waals surface area contributed by atoms with Crippen LogP contribution in [-0.4, -0.2) is 0 Å². The zero-order valence-corrected chi connectivity index (χ0v) is 6.12. The molecule has 0 aliphatic heterocycles. The van der Waals surface area contributed by atoms with E-state index in [0.717, 1.165) is 12.1 Å². The van der Waals surface area contributed by atoms with Crippen LogP contribution in [-0.2, 0) is 0 Å². The second kappa shape index (κ2) is 3.36. The predicted octanol–water partition coefficient (Wildman–Crippen LogP) is 2.51. The van der Waals surface area contributed by atoms with Gasteiger partial charge in [-0.2, -0.15) is 0 Å². The van der Waals surface area contributed by atoms with Crippen LogP contribution in [0.1, 0.15) is 5.56 Å². The van der Waals surface area contributed by atoms with Crippen LogP contribution in [0, 0.1) is 22.9 Å². The molecule has 0 spiro atoms. The van der Waals surface area contributed by atoms with Gasteiger partial charge in [0, 0.05) is 10.9 Å². The van der Waals surface area contributed by atoms with Gasteiger partial charge in [0.15, 0.2) is 11.6 Å². The fourth-order valence-electron chi connectivity index (χ4n) is 0.628. The van der Waals surface area contributed by atoms with Crippen LogP contribution >= 0.6 is 11.6 Å². The summed E-state index contributed by atoms with van der Waals surface area (Å²) >= 11 is 5.05. The molecule has 0 heterocycles. The first kappa shape index (κ1) is 8.03. The Labute approximate surface area is 67.8 Å². The van der Waals surface area contributed by atoms with Gasteiger partial charge >= 0.3 is 0 Å². The van der Waals surface area contributed by atoms with Crippen molar-refractivity contribution in [3.8, 4) is 11.3 Å². The summed E-state index contributed by atoms with van der Waals surface area (Å²) in [5.74, 6) is 0.585. The summed E-state index contributed by atoms with van der Waals surface area (Å²) in [6, 6.07) is 3.35. The molecule has 0 unspecified atom stereocenters. The number of hydrogen-bond donors (Lipinski definition) is 0. The van der Waals surface area contributed by atoms with Gasteiger partial charge in [0.25, 0.3) is 0 Å². The number of halogens is 3. The monoisotopic (exact) mass is 172 g/mol. The summed E-state index contributed by atoms with van der Waals surface area (Å²) in [5, 5.41) is 2.06. The molecule has 11 heavy (non-hydrogen) atoms. The van der Waals surface area contributed by atoms with Crippen molar-refractivity contribution in [2.75, 3.05) is 0 Å². The second-order valence-electron chi connectivity index (χ2n) is 1.85. The SMILES string of the molecule is Fc1ccc(C#CCl)cc1F. The van der Waals surface area contributed by atoms with E-state index in [1.807, 2.05) is 0 Å². The lowest BCUT2D eigenvalue weighted by Gasteiger charge is -1.91. The van der Waals surface area contributed by atoms with Crippen molar-refractivity contribution in [2.45, 2.75) is 0 Å². The third kappa shape index (κ3) is 1.92. The Balaban J connectivity index is 3.12. The van der Waals surface area contributed by atoms with E-state index in [9.17, 15) is 8.78 Å². The lowest BCUT2D eigenvalue weighted by atomic mass is 10.2. The Hall–Kier alpha value is -1.07. The molecule has 0 fully saturated rings. The maximum Gasteiger partial charge on any atom is 0.160 e. The third-order valence-electron chi connectivity index (χ3n) is 1.11. The lowest BCUT2D eigenvalue weighted by Crippen LogP contribution is -1.83. The molecule has 3 heteroatoms. The molecule has 0 N–H and O–H groups in total. The van der Waals surface area contributed by atoms with E-state index in [1.165, 1.54) is 6.07 Å². The number of benzene rings is 1. The topological polar surface area (TPSA) is 0 Å². The van der Waals surface area contributed by atoms with Crippen molar-refractivity contribution < 1.29 is 8.78 Å². The van der Waals surface area contributed by atoms with Crippen molar-refractivity contribution in [3.63, 3.8) is 0 Å². The average Bonchev–Trinajstić information content (AvgIpc) is 1.98. The van der Waals surface area contributed by atoms with Crippen LogP contribution in [0.3, 0.4) is 0 Å². The molecule has 0 amide bonds. The minimum Gasteiger partial charge on any atom is -0.204 e. The molecule has 0 bridgehead atoms. The highest BCUT2D eigenvalue weighted by molar-refractivity contribution is 6.30. The molecule has 0 nitrogen and oxygen atoms in total. The molecule has 0 aromatic heterocycles. The molecule has 0 saturated heterocycles. The van der Waals surface area contributed by atoms with Gasteiger partial charge in [-0.3, -0.25) is 0 Å². The predicted molar refractivity (Wildman–Crippen MR) is 39.1 cm³/mol. The summed E-state index contributed by atoms with van der Waals surface area (Å²) in [4.78, 5) is 0. The van der Waals surface area contributed by atoms with Gasteiger partial charge in [-0.25, -0.2) is 8.78 Å². The van der Waals surface area contributed by atoms with E-state index < -0.39 is 11.6 Å². The molecule has 0 atom stereocenters. The maximum absolute atomic E-state index is 12.4. The molecule has 1 aromatic rings. The normalized spacial score (nSPS) is 8.64. The van der Waals surface area contributed by atoms with Gasteiger partial charge in [-0.05, 0) is 35.7 Å². The number of hydrogen-bond acceptors (Lipinski definition) is 0. The Morgan fingerprint density at radius 1 is 1.18 bits per heavy atom. The Kier molecular flexibility index (Phi) is 2.45. The van der Waals surface area contributed by atoms with Crippen LogP contribution in [0.4, 0.5) is 8.78 Å². The summed E-state index contributed by atoms with van der Waals surface area (Å²) in [6.07, 6.45) is 0. The molecule has 1 aromatic carbocycles. The summed E-state index contributed by atoms with van der Waals surface area (Å²) in [5.41, 5.74) is 0.360. The maximum atomic E-state index is 12.4. The Morgan fingerprint density at radius 3 is 2.45 bits per heavy atom. The van der Waals surface area contributed by atoms with E-state index in [1.54, 1.807) is 0 Å². The van der Waals surface area contributed by atoms with Gasteiger partial charge in [-0.15, -0.1) is 0 Å². The van der Waals surface area contributed by atoms with Crippen molar-refractivity contribution in [2.24, 2.45) is 0 Å². The first-order valence-corrected chi connectivity index (χ1v) is 3.18. The van der Waals surface area contributed by atoms with Crippen LogP contribution in [0.5, 0.6) is 0 Å². The van der Waals surface area contributed by atoms with Crippen LogP contribution in [0.2, 0.25) is 0 Å². The van der Waals surface area contributed by atoms with Crippen LogP contribution in [0.15, 0.2) is 18.2 Å². The molecular formula is C8H3ClF2. The van der Waals surface area contributed by atoms with Gasteiger partial charge in [0.05, 0.1) is 0 Å². The molecule has 56 valence electrons. The second-order valence-corrected chi connectivity index (χ2v) is 2.04. The minimum absolute atomic E-state index is 0.360. The number of rotatable bonds is 0. The first-order valence-electron chi connectivity index (χ1n) is 2.80. The standard InChI is InChI=1S/C8H3ClF2/c9-4-3-6-1-2-7(10)8(11)5-6/h1-2,5H. The Morgan fingerprint density at radius 2 is 1.91 bits per heavy atom. The quantitative estimate of drug-likeness (QED) is 0.528. The summed E-state index contributed by atoms with van der Waals surface area (Å²) < 4.78 is 24.7. The molecule has 0 aliphatic carbocycles. The van der Waals surface area contributed by atoms with E-state index in [-0.39, 0.29) is 0 Å². The highest BCUT2D eigenvalue weighted by Crippen LogP contribution is 2.07. The van der Waals surface area contributed by atoms with Gasteiger partial charge < -0.3 is 0 Å². The van der Waals surface area contributed by atoms with Crippen LogP contribution < -0.4 is 0 Å². The molecule has 1 rings (SSSR count). The van der Waals surface area contributed by atoms with Crippen molar-refractivity contribution in [1.29, 1.82) is 0 Å². The van der Waals surface area contributed by atoms with Crippen LogP contribution in [0.25, 0.3) is 0 Å². The lowest BCUT2D eigenvalue weighted by molar-refractivity contribution is 0.508. The molecular weight excluding hydrogens is 170 g/mol. The van der Waals surface area contributed by atoms with Gasteiger partial charge in [-0.1, -0.05) is 0 Å². The summed E-state index contributed by atoms with van der Waals surface area (Å²) in [6.45, 7) is 0. The van der Waals surface area contributed by atoms with E-state index in [0.29, 0.717) is 5.56 Å². The molecule has 0 saturated carbocycles. The smallest absolute Gasteiger partial charge is 0.160 e. The van der Waals surface area contributed by atoms with Crippen molar-refractivity contribution in [1.82, 2.24) is 0 Å². The fourth-order valence-corrected chi connectivity index (χ4v) is 0.738. The van der Waals surface area contributed by atoms with Crippen molar-refractivity contribution >= 4 is 11.6 Å². The zero-order valence-electron chi connectivity index (χ0n) is 5.37. The largest absolute Gasteiger partial charge is 0.204 e. The minimum atomic E-state index is -0.915.